The maximum atomic E-state index is 12.5. The maximum Gasteiger partial charge on any atom is 0.324 e. The Kier molecular flexibility index (Phi) is 6.58. The number of rotatable bonds is 8. The van der Waals surface area contributed by atoms with Crippen LogP contribution >= 0.6 is 0 Å². The third-order valence-corrected chi connectivity index (χ3v) is 5.82. The van der Waals surface area contributed by atoms with Gasteiger partial charge in [-0.3, -0.25) is 4.79 Å². The SMILES string of the molecule is CCOC(=O)C1CCCN1S(=O)(=O)NC(CC)(CC)CO. The lowest BCUT2D eigenvalue weighted by Gasteiger charge is -2.33. The van der Waals surface area contributed by atoms with Crippen molar-refractivity contribution >= 4 is 16.2 Å². The van der Waals surface area contributed by atoms with Crippen LogP contribution in [0.4, 0.5) is 0 Å². The minimum absolute atomic E-state index is 0.223. The van der Waals surface area contributed by atoms with Crippen LogP contribution in [0.2, 0.25) is 0 Å². The first kappa shape index (κ1) is 18.3. The normalized spacial score (nSPS) is 20.7. The van der Waals surface area contributed by atoms with Crippen LogP contribution in [-0.4, -0.2) is 55.1 Å². The van der Waals surface area contributed by atoms with E-state index in [4.69, 9.17) is 4.74 Å². The molecule has 1 aliphatic heterocycles. The van der Waals surface area contributed by atoms with E-state index in [1.165, 1.54) is 0 Å². The number of esters is 1. The molecule has 1 atom stereocenters. The lowest BCUT2D eigenvalue weighted by molar-refractivity contribution is -0.146. The van der Waals surface area contributed by atoms with Crippen molar-refractivity contribution in [3.63, 3.8) is 0 Å². The largest absolute Gasteiger partial charge is 0.465 e. The third kappa shape index (κ3) is 4.15. The number of carbonyl (C=O) groups is 1. The van der Waals surface area contributed by atoms with Crippen molar-refractivity contribution in [2.24, 2.45) is 0 Å². The van der Waals surface area contributed by atoms with Crippen molar-refractivity contribution in [2.75, 3.05) is 19.8 Å². The molecule has 0 amide bonds. The van der Waals surface area contributed by atoms with Gasteiger partial charge in [0.1, 0.15) is 6.04 Å². The lowest BCUT2D eigenvalue weighted by atomic mass is 9.96. The van der Waals surface area contributed by atoms with E-state index in [9.17, 15) is 18.3 Å². The number of nitrogens with zero attached hydrogens (tertiary/aromatic N) is 1. The van der Waals surface area contributed by atoms with Gasteiger partial charge < -0.3 is 9.84 Å². The highest BCUT2D eigenvalue weighted by molar-refractivity contribution is 7.87. The maximum absolute atomic E-state index is 12.5. The van der Waals surface area contributed by atoms with Gasteiger partial charge in [-0.25, -0.2) is 0 Å². The van der Waals surface area contributed by atoms with Crippen LogP contribution in [0.1, 0.15) is 46.5 Å². The molecular weight excluding hydrogens is 296 g/mol. The van der Waals surface area contributed by atoms with Crippen molar-refractivity contribution in [3.8, 4) is 0 Å². The van der Waals surface area contributed by atoms with Gasteiger partial charge in [0.2, 0.25) is 0 Å². The number of carbonyl (C=O) groups excluding carboxylic acids is 1. The summed E-state index contributed by atoms with van der Waals surface area (Å²) in [5.74, 6) is -0.511. The Balaban J connectivity index is 2.93. The van der Waals surface area contributed by atoms with Gasteiger partial charge in [-0.15, -0.1) is 0 Å². The number of nitrogens with one attached hydrogen (secondary N) is 1. The van der Waals surface area contributed by atoms with E-state index in [2.05, 4.69) is 4.72 Å². The van der Waals surface area contributed by atoms with Gasteiger partial charge in [-0.1, -0.05) is 13.8 Å². The summed E-state index contributed by atoms with van der Waals surface area (Å²) >= 11 is 0. The smallest absolute Gasteiger partial charge is 0.324 e. The fraction of sp³-hybridized carbons (Fsp3) is 0.923. The molecule has 0 aromatic rings. The van der Waals surface area contributed by atoms with Crippen LogP contribution in [0.5, 0.6) is 0 Å². The molecule has 1 unspecified atom stereocenters. The summed E-state index contributed by atoms with van der Waals surface area (Å²) in [7, 11) is -3.84. The van der Waals surface area contributed by atoms with Crippen molar-refractivity contribution in [2.45, 2.75) is 58.0 Å². The number of ether oxygens (including phenoxy) is 1. The molecule has 124 valence electrons. The summed E-state index contributed by atoms with van der Waals surface area (Å²) in [6, 6.07) is -0.771. The monoisotopic (exact) mass is 322 g/mol. The van der Waals surface area contributed by atoms with Gasteiger partial charge in [-0.2, -0.15) is 17.4 Å². The van der Waals surface area contributed by atoms with Crippen molar-refractivity contribution in [1.82, 2.24) is 9.03 Å². The second kappa shape index (κ2) is 7.53. The molecule has 7 nitrogen and oxygen atoms in total. The highest BCUT2D eigenvalue weighted by Gasteiger charge is 2.42. The van der Waals surface area contributed by atoms with Gasteiger partial charge in [-0.05, 0) is 32.6 Å². The summed E-state index contributed by atoms with van der Waals surface area (Å²) in [5.41, 5.74) is -0.888. The van der Waals surface area contributed by atoms with E-state index in [0.717, 1.165) is 4.31 Å². The standard InChI is InChI=1S/C13H26N2O5S/c1-4-13(5-2,10-16)14-21(18,19)15-9-7-8-11(15)12(17)20-6-3/h11,14,16H,4-10H2,1-3H3. The Morgan fingerprint density at radius 3 is 2.48 bits per heavy atom. The minimum Gasteiger partial charge on any atom is -0.465 e. The average Bonchev–Trinajstić information content (AvgIpc) is 2.95. The molecule has 1 fully saturated rings. The first-order valence-corrected chi connectivity index (χ1v) is 8.88. The van der Waals surface area contributed by atoms with Gasteiger partial charge >= 0.3 is 5.97 Å². The number of hydrogen-bond donors (Lipinski definition) is 2. The predicted octanol–water partition coefficient (Wildman–Crippen LogP) is 0.399. The van der Waals surface area contributed by atoms with E-state index in [-0.39, 0.29) is 19.8 Å². The summed E-state index contributed by atoms with van der Waals surface area (Å²) in [6.07, 6.45) is 2.02. The lowest BCUT2D eigenvalue weighted by Crippen LogP contribution is -2.56. The quantitative estimate of drug-likeness (QED) is 0.631. The minimum atomic E-state index is -3.84. The zero-order chi connectivity index (χ0) is 16.1. The van der Waals surface area contributed by atoms with E-state index < -0.39 is 27.8 Å². The number of hydrogen-bond acceptors (Lipinski definition) is 5. The predicted molar refractivity (Wildman–Crippen MR) is 78.8 cm³/mol. The van der Waals surface area contributed by atoms with Crippen LogP contribution in [0.15, 0.2) is 0 Å². The van der Waals surface area contributed by atoms with Gasteiger partial charge in [0, 0.05) is 6.54 Å². The Morgan fingerprint density at radius 2 is 2.00 bits per heavy atom. The third-order valence-electron chi connectivity index (χ3n) is 4.07. The van der Waals surface area contributed by atoms with E-state index in [1.807, 2.05) is 13.8 Å². The van der Waals surface area contributed by atoms with Crippen LogP contribution in [-0.2, 0) is 19.7 Å². The Labute approximate surface area is 126 Å². The molecule has 1 aliphatic rings. The summed E-state index contributed by atoms with van der Waals surface area (Å²) in [6.45, 7) is 5.55. The number of aliphatic hydroxyl groups excluding tert-OH is 1. The molecule has 0 radical (unpaired) electrons. The molecule has 0 aromatic heterocycles. The Hall–Kier alpha value is -0.700. The van der Waals surface area contributed by atoms with Gasteiger partial charge in [0.05, 0.1) is 18.8 Å². The van der Waals surface area contributed by atoms with Crippen molar-refractivity contribution in [1.29, 1.82) is 0 Å². The molecule has 8 heteroatoms. The molecule has 1 saturated heterocycles. The Morgan fingerprint density at radius 1 is 1.38 bits per heavy atom. The molecule has 1 heterocycles. The van der Waals surface area contributed by atoms with Crippen LogP contribution < -0.4 is 4.72 Å². The zero-order valence-corrected chi connectivity index (χ0v) is 13.8. The topological polar surface area (TPSA) is 95.9 Å². The highest BCUT2D eigenvalue weighted by atomic mass is 32.2. The second-order valence-corrected chi connectivity index (χ2v) is 6.90. The fourth-order valence-electron chi connectivity index (χ4n) is 2.48. The molecule has 0 aromatic carbocycles. The molecule has 0 spiro atoms. The molecule has 0 bridgehead atoms. The summed E-state index contributed by atoms with van der Waals surface area (Å²) < 4.78 is 33.7. The number of aliphatic hydroxyl groups is 1. The molecule has 0 saturated carbocycles. The highest BCUT2D eigenvalue weighted by Crippen LogP contribution is 2.24. The molecule has 1 rings (SSSR count). The first-order valence-electron chi connectivity index (χ1n) is 7.44. The van der Waals surface area contributed by atoms with E-state index in [0.29, 0.717) is 25.7 Å². The van der Waals surface area contributed by atoms with Gasteiger partial charge in [0.25, 0.3) is 10.2 Å². The fourth-order valence-corrected chi connectivity index (χ4v) is 4.40. The van der Waals surface area contributed by atoms with Crippen LogP contribution in [0.25, 0.3) is 0 Å². The van der Waals surface area contributed by atoms with Gasteiger partial charge in [0.15, 0.2) is 0 Å². The zero-order valence-electron chi connectivity index (χ0n) is 13.0. The molecule has 0 aliphatic carbocycles. The molecule has 2 N–H and O–H groups in total. The van der Waals surface area contributed by atoms with E-state index >= 15 is 0 Å². The summed E-state index contributed by atoms with van der Waals surface area (Å²) in [5, 5.41) is 9.50. The van der Waals surface area contributed by atoms with Crippen LogP contribution in [0.3, 0.4) is 0 Å². The van der Waals surface area contributed by atoms with Crippen LogP contribution in [0, 0.1) is 0 Å². The second-order valence-electron chi connectivity index (χ2n) is 5.27. The first-order chi connectivity index (χ1) is 9.85. The Bertz CT molecular complexity index is 439. The van der Waals surface area contributed by atoms with E-state index in [1.54, 1.807) is 6.92 Å². The van der Waals surface area contributed by atoms with Crippen molar-refractivity contribution < 1.29 is 23.1 Å². The molecule has 21 heavy (non-hydrogen) atoms. The summed E-state index contributed by atoms with van der Waals surface area (Å²) in [4.78, 5) is 11.9. The van der Waals surface area contributed by atoms with Crippen molar-refractivity contribution in [3.05, 3.63) is 0 Å². The average molecular weight is 322 g/mol. The molecular formula is C13H26N2O5S.